The third-order valence-electron chi connectivity index (χ3n) is 4.77. The molecule has 1 atom stereocenters. The smallest absolute Gasteiger partial charge is 0.252 e. The largest absolute Gasteiger partial charge is 0.378 e. The van der Waals surface area contributed by atoms with Crippen LogP contribution in [0.2, 0.25) is 0 Å². The number of aromatic nitrogens is 2. The van der Waals surface area contributed by atoms with Crippen LogP contribution in [0.5, 0.6) is 0 Å². The van der Waals surface area contributed by atoms with Crippen LogP contribution in [0.3, 0.4) is 0 Å². The van der Waals surface area contributed by atoms with Crippen LogP contribution >= 0.6 is 0 Å². The van der Waals surface area contributed by atoms with Gasteiger partial charge in [-0.05, 0) is 29.7 Å². The minimum atomic E-state index is -0.00850. The summed E-state index contributed by atoms with van der Waals surface area (Å²) >= 11 is 0. The summed E-state index contributed by atoms with van der Waals surface area (Å²) < 4.78 is 7.81. The number of hydrogen-bond acceptors (Lipinski definition) is 3. The molecule has 124 valence electrons. The SMILES string of the molecule is Cn1cccc1C1COCCN1Cc1cc2ccccc2[nH]c1=O. The van der Waals surface area contributed by atoms with E-state index in [0.29, 0.717) is 19.8 Å². The molecule has 1 aliphatic heterocycles. The number of morpholine rings is 1. The first kappa shape index (κ1) is 15.2. The first-order valence-electron chi connectivity index (χ1n) is 8.26. The van der Waals surface area contributed by atoms with Crippen molar-refractivity contribution >= 4 is 10.9 Å². The van der Waals surface area contributed by atoms with E-state index in [2.05, 4.69) is 20.5 Å². The molecule has 3 heterocycles. The second-order valence-corrected chi connectivity index (χ2v) is 6.32. The molecule has 1 aliphatic rings. The number of ether oxygens (including phenoxy) is 1. The molecule has 1 N–H and O–H groups in total. The molecule has 24 heavy (non-hydrogen) atoms. The van der Waals surface area contributed by atoms with Crippen LogP contribution in [0.4, 0.5) is 0 Å². The summed E-state index contributed by atoms with van der Waals surface area (Å²) in [6, 6.07) is 14.2. The second kappa shape index (κ2) is 6.26. The summed E-state index contributed by atoms with van der Waals surface area (Å²) in [4.78, 5) is 17.8. The summed E-state index contributed by atoms with van der Waals surface area (Å²) in [5.74, 6) is 0. The Morgan fingerprint density at radius 2 is 2.12 bits per heavy atom. The van der Waals surface area contributed by atoms with Crippen molar-refractivity contribution in [2.75, 3.05) is 19.8 Å². The Bertz CT molecular complexity index is 912. The lowest BCUT2D eigenvalue weighted by Crippen LogP contribution is -2.40. The van der Waals surface area contributed by atoms with E-state index in [1.807, 2.05) is 49.6 Å². The number of nitrogens with zero attached hydrogens (tertiary/aromatic N) is 2. The van der Waals surface area contributed by atoms with E-state index in [1.165, 1.54) is 5.69 Å². The molecular formula is C19H21N3O2. The number of rotatable bonds is 3. The molecule has 0 amide bonds. The van der Waals surface area contributed by atoms with Crippen molar-refractivity contribution < 1.29 is 4.74 Å². The van der Waals surface area contributed by atoms with Crippen LogP contribution in [0, 0.1) is 0 Å². The number of hydrogen-bond donors (Lipinski definition) is 1. The number of benzene rings is 1. The second-order valence-electron chi connectivity index (χ2n) is 6.32. The Morgan fingerprint density at radius 3 is 2.96 bits per heavy atom. The fraction of sp³-hybridized carbons (Fsp3) is 0.316. The molecule has 0 radical (unpaired) electrons. The molecular weight excluding hydrogens is 302 g/mol. The normalized spacial score (nSPS) is 19.0. The van der Waals surface area contributed by atoms with Crippen molar-refractivity contribution in [1.29, 1.82) is 0 Å². The van der Waals surface area contributed by atoms with Crippen molar-refractivity contribution in [3.8, 4) is 0 Å². The van der Waals surface area contributed by atoms with Gasteiger partial charge in [-0.2, -0.15) is 0 Å². The number of aromatic amines is 1. The average molecular weight is 323 g/mol. The summed E-state index contributed by atoms with van der Waals surface area (Å²) in [5, 5.41) is 1.07. The molecule has 1 saturated heterocycles. The van der Waals surface area contributed by atoms with E-state index in [0.717, 1.165) is 23.0 Å². The summed E-state index contributed by atoms with van der Waals surface area (Å²) in [5.41, 5.74) is 2.89. The highest BCUT2D eigenvalue weighted by Gasteiger charge is 2.27. The van der Waals surface area contributed by atoms with Crippen molar-refractivity contribution in [1.82, 2.24) is 14.5 Å². The molecule has 0 spiro atoms. The zero-order chi connectivity index (χ0) is 16.5. The van der Waals surface area contributed by atoms with Crippen LogP contribution in [0.1, 0.15) is 17.3 Å². The van der Waals surface area contributed by atoms with Gasteiger partial charge in [-0.25, -0.2) is 0 Å². The van der Waals surface area contributed by atoms with Gasteiger partial charge in [-0.15, -0.1) is 0 Å². The summed E-state index contributed by atoms with van der Waals surface area (Å²) in [7, 11) is 2.05. The quantitative estimate of drug-likeness (QED) is 0.805. The molecule has 0 bridgehead atoms. The highest BCUT2D eigenvalue weighted by atomic mass is 16.5. The number of pyridine rings is 1. The van der Waals surface area contributed by atoms with Crippen molar-refractivity contribution in [2.24, 2.45) is 7.05 Å². The zero-order valence-corrected chi connectivity index (χ0v) is 13.7. The van der Waals surface area contributed by atoms with E-state index in [-0.39, 0.29) is 11.6 Å². The monoisotopic (exact) mass is 323 g/mol. The highest BCUT2D eigenvalue weighted by Crippen LogP contribution is 2.25. The first-order valence-corrected chi connectivity index (χ1v) is 8.26. The van der Waals surface area contributed by atoms with Gasteiger partial charge in [0.05, 0.1) is 19.3 Å². The van der Waals surface area contributed by atoms with E-state index >= 15 is 0 Å². The molecule has 0 aliphatic carbocycles. The molecule has 5 heteroatoms. The molecule has 4 rings (SSSR count). The van der Waals surface area contributed by atoms with Gasteiger partial charge >= 0.3 is 0 Å². The fourth-order valence-electron chi connectivity index (χ4n) is 3.45. The van der Waals surface area contributed by atoms with Gasteiger partial charge in [-0.3, -0.25) is 9.69 Å². The van der Waals surface area contributed by atoms with Gasteiger partial charge in [0, 0.05) is 43.1 Å². The average Bonchev–Trinajstić information content (AvgIpc) is 3.02. The van der Waals surface area contributed by atoms with E-state index < -0.39 is 0 Å². The van der Waals surface area contributed by atoms with Gasteiger partial charge < -0.3 is 14.3 Å². The van der Waals surface area contributed by atoms with Crippen LogP contribution in [0.15, 0.2) is 53.5 Å². The van der Waals surface area contributed by atoms with Crippen LogP contribution in [-0.2, 0) is 18.3 Å². The highest BCUT2D eigenvalue weighted by molar-refractivity contribution is 5.78. The summed E-state index contributed by atoms with van der Waals surface area (Å²) in [6.45, 7) is 2.80. The third-order valence-corrected chi connectivity index (χ3v) is 4.77. The minimum absolute atomic E-state index is 0.00850. The lowest BCUT2D eigenvalue weighted by atomic mass is 10.1. The van der Waals surface area contributed by atoms with Crippen LogP contribution in [-0.4, -0.2) is 34.2 Å². The Labute approximate surface area is 140 Å². The third kappa shape index (κ3) is 2.77. The molecule has 1 unspecified atom stereocenters. The standard InChI is InChI=1S/C19H21N3O2/c1-21-8-4-7-17(21)18-13-24-10-9-22(18)12-15-11-14-5-2-3-6-16(14)20-19(15)23/h2-8,11,18H,9-10,12-13H2,1H3,(H,20,23). The minimum Gasteiger partial charge on any atom is -0.378 e. The predicted molar refractivity (Wildman–Crippen MR) is 94.0 cm³/mol. The number of nitrogens with one attached hydrogen (secondary N) is 1. The fourth-order valence-corrected chi connectivity index (χ4v) is 3.45. The molecule has 3 aromatic rings. The molecule has 0 saturated carbocycles. The number of fused-ring (bicyclic) bond motifs is 1. The zero-order valence-electron chi connectivity index (χ0n) is 13.7. The molecule has 5 nitrogen and oxygen atoms in total. The van der Waals surface area contributed by atoms with Crippen LogP contribution in [0.25, 0.3) is 10.9 Å². The van der Waals surface area contributed by atoms with Gasteiger partial charge in [0.1, 0.15) is 0 Å². The van der Waals surface area contributed by atoms with Gasteiger partial charge in [0.2, 0.25) is 0 Å². The Balaban J connectivity index is 1.67. The van der Waals surface area contributed by atoms with E-state index in [4.69, 9.17) is 4.74 Å². The van der Waals surface area contributed by atoms with Crippen molar-refractivity contribution in [3.63, 3.8) is 0 Å². The summed E-state index contributed by atoms with van der Waals surface area (Å²) in [6.07, 6.45) is 2.05. The maximum absolute atomic E-state index is 12.4. The van der Waals surface area contributed by atoms with Crippen LogP contribution < -0.4 is 5.56 Å². The number of H-pyrrole nitrogens is 1. The number of aryl methyl sites for hydroxylation is 1. The number of para-hydroxylation sites is 1. The van der Waals surface area contributed by atoms with E-state index in [9.17, 15) is 4.79 Å². The Kier molecular flexibility index (Phi) is 3.96. The molecule has 2 aromatic heterocycles. The molecule has 1 aromatic carbocycles. The lowest BCUT2D eigenvalue weighted by Gasteiger charge is -2.35. The van der Waals surface area contributed by atoms with Crippen molar-refractivity contribution in [3.05, 3.63) is 70.3 Å². The Morgan fingerprint density at radius 1 is 1.25 bits per heavy atom. The van der Waals surface area contributed by atoms with Gasteiger partial charge in [0.25, 0.3) is 5.56 Å². The maximum Gasteiger partial charge on any atom is 0.252 e. The topological polar surface area (TPSA) is 50.3 Å². The first-order chi connectivity index (χ1) is 11.7. The maximum atomic E-state index is 12.4. The van der Waals surface area contributed by atoms with Crippen molar-refractivity contribution in [2.45, 2.75) is 12.6 Å². The van der Waals surface area contributed by atoms with Gasteiger partial charge in [-0.1, -0.05) is 18.2 Å². The van der Waals surface area contributed by atoms with Gasteiger partial charge in [0.15, 0.2) is 0 Å². The lowest BCUT2D eigenvalue weighted by molar-refractivity contribution is -0.0153. The van der Waals surface area contributed by atoms with E-state index in [1.54, 1.807) is 0 Å². The molecule has 1 fully saturated rings. The predicted octanol–water partition coefficient (Wildman–Crippen LogP) is 2.44. The Hall–Kier alpha value is -2.37.